The van der Waals surface area contributed by atoms with Gasteiger partial charge in [0.1, 0.15) is 11.4 Å². The Balaban J connectivity index is 2.52. The van der Waals surface area contributed by atoms with Crippen molar-refractivity contribution in [3.63, 3.8) is 0 Å². The highest BCUT2D eigenvalue weighted by molar-refractivity contribution is 5.40. The molecular weight excluding hydrogens is 228 g/mol. The van der Waals surface area contributed by atoms with Gasteiger partial charge >= 0.3 is 0 Å². The van der Waals surface area contributed by atoms with Crippen molar-refractivity contribution < 1.29 is 14.9 Å². The van der Waals surface area contributed by atoms with Gasteiger partial charge in [-0.25, -0.2) is 0 Å². The van der Waals surface area contributed by atoms with Crippen molar-refractivity contribution in [3.05, 3.63) is 29.8 Å². The first-order chi connectivity index (χ1) is 8.43. The van der Waals surface area contributed by atoms with E-state index in [4.69, 9.17) is 4.74 Å². The van der Waals surface area contributed by atoms with Gasteiger partial charge in [-0.05, 0) is 25.3 Å². The second kappa shape index (κ2) is 4.56. The van der Waals surface area contributed by atoms with E-state index in [1.165, 1.54) is 0 Å². The second-order valence-electron chi connectivity index (χ2n) is 5.69. The molecule has 0 spiro atoms. The molecule has 1 aliphatic rings. The molecule has 18 heavy (non-hydrogen) atoms. The highest BCUT2D eigenvalue weighted by Gasteiger charge is 2.52. The van der Waals surface area contributed by atoms with Gasteiger partial charge in [0.2, 0.25) is 0 Å². The van der Waals surface area contributed by atoms with Crippen LogP contribution in [0.2, 0.25) is 0 Å². The van der Waals surface area contributed by atoms with Gasteiger partial charge in [-0.1, -0.05) is 32.0 Å². The first-order valence-electron chi connectivity index (χ1n) is 6.47. The van der Waals surface area contributed by atoms with E-state index in [0.29, 0.717) is 12.2 Å². The third kappa shape index (κ3) is 1.82. The molecule has 1 aromatic rings. The van der Waals surface area contributed by atoms with Crippen molar-refractivity contribution in [1.82, 2.24) is 0 Å². The summed E-state index contributed by atoms with van der Waals surface area (Å²) >= 11 is 0. The van der Waals surface area contributed by atoms with Crippen molar-refractivity contribution in [2.75, 3.05) is 7.11 Å². The van der Waals surface area contributed by atoms with Crippen LogP contribution in [0.15, 0.2) is 24.3 Å². The van der Waals surface area contributed by atoms with E-state index in [-0.39, 0.29) is 0 Å². The van der Waals surface area contributed by atoms with Crippen LogP contribution in [-0.4, -0.2) is 23.4 Å². The molecule has 0 aromatic heterocycles. The molecule has 2 N–H and O–H groups in total. The Bertz CT molecular complexity index is 428. The predicted octanol–water partition coefficient (Wildman–Crippen LogP) is 2.45. The third-order valence-corrected chi connectivity index (χ3v) is 4.47. The first kappa shape index (κ1) is 13.4. The Labute approximate surface area is 108 Å². The number of benzene rings is 1. The van der Waals surface area contributed by atoms with Gasteiger partial charge in [-0.3, -0.25) is 0 Å². The predicted molar refractivity (Wildman–Crippen MR) is 70.5 cm³/mol. The molecule has 3 heteroatoms. The molecule has 0 radical (unpaired) electrons. The zero-order valence-corrected chi connectivity index (χ0v) is 11.3. The van der Waals surface area contributed by atoms with Crippen LogP contribution in [-0.2, 0) is 5.60 Å². The number of hydrogen-bond acceptors (Lipinski definition) is 3. The molecule has 1 aliphatic carbocycles. The molecule has 0 saturated heterocycles. The Morgan fingerprint density at radius 2 is 1.94 bits per heavy atom. The Morgan fingerprint density at radius 1 is 1.28 bits per heavy atom. The van der Waals surface area contributed by atoms with Crippen molar-refractivity contribution >= 4 is 0 Å². The van der Waals surface area contributed by atoms with Crippen molar-refractivity contribution in [2.24, 2.45) is 5.41 Å². The number of para-hydroxylation sites is 1. The molecule has 0 bridgehead atoms. The summed E-state index contributed by atoms with van der Waals surface area (Å²) in [6.45, 7) is 3.84. The van der Waals surface area contributed by atoms with E-state index in [0.717, 1.165) is 18.4 Å². The monoisotopic (exact) mass is 250 g/mol. The van der Waals surface area contributed by atoms with Crippen LogP contribution in [0.4, 0.5) is 0 Å². The molecule has 2 rings (SSSR count). The van der Waals surface area contributed by atoms with Crippen molar-refractivity contribution in [1.29, 1.82) is 0 Å². The summed E-state index contributed by atoms with van der Waals surface area (Å²) in [6, 6.07) is 7.52. The molecule has 100 valence electrons. The minimum absolute atomic E-state index is 0.499. The molecule has 0 unspecified atom stereocenters. The Hall–Kier alpha value is -1.06. The summed E-state index contributed by atoms with van der Waals surface area (Å²) in [5, 5.41) is 21.3. The van der Waals surface area contributed by atoms with Crippen molar-refractivity contribution in [3.8, 4) is 5.75 Å². The molecule has 0 heterocycles. The van der Waals surface area contributed by atoms with Gasteiger partial charge in [0.05, 0.1) is 13.2 Å². The van der Waals surface area contributed by atoms with Gasteiger partial charge in [0, 0.05) is 11.0 Å². The van der Waals surface area contributed by atoms with E-state index in [1.54, 1.807) is 7.11 Å². The lowest BCUT2D eigenvalue weighted by Gasteiger charge is -2.49. The maximum atomic E-state index is 11.1. The molecule has 2 atom stereocenters. The van der Waals surface area contributed by atoms with Gasteiger partial charge in [-0.2, -0.15) is 0 Å². The Morgan fingerprint density at radius 3 is 2.61 bits per heavy atom. The van der Waals surface area contributed by atoms with Gasteiger partial charge in [0.25, 0.3) is 0 Å². The molecule has 0 amide bonds. The lowest BCUT2D eigenvalue weighted by molar-refractivity contribution is -0.161. The van der Waals surface area contributed by atoms with E-state index in [2.05, 4.69) is 0 Å². The van der Waals surface area contributed by atoms with E-state index in [9.17, 15) is 10.2 Å². The number of aliphatic hydroxyl groups is 2. The summed E-state index contributed by atoms with van der Waals surface area (Å²) in [5.74, 6) is 0.683. The summed E-state index contributed by atoms with van der Waals surface area (Å²) in [5.41, 5.74) is -0.854. The van der Waals surface area contributed by atoms with Gasteiger partial charge < -0.3 is 14.9 Å². The van der Waals surface area contributed by atoms with Gasteiger partial charge in [-0.15, -0.1) is 0 Å². The van der Waals surface area contributed by atoms with Gasteiger partial charge in [0.15, 0.2) is 0 Å². The topological polar surface area (TPSA) is 49.7 Å². The third-order valence-electron chi connectivity index (χ3n) is 4.47. The highest BCUT2D eigenvalue weighted by Crippen LogP contribution is 2.52. The van der Waals surface area contributed by atoms with Crippen LogP contribution in [0.3, 0.4) is 0 Å². The van der Waals surface area contributed by atoms with Crippen LogP contribution in [0.5, 0.6) is 5.75 Å². The minimum atomic E-state index is -1.04. The fraction of sp³-hybridized carbons (Fsp3) is 0.600. The summed E-state index contributed by atoms with van der Waals surface area (Å²) in [7, 11) is 1.61. The zero-order chi connectivity index (χ0) is 13.4. The van der Waals surface area contributed by atoms with Crippen LogP contribution in [0.1, 0.15) is 38.7 Å². The van der Waals surface area contributed by atoms with Crippen molar-refractivity contribution in [2.45, 2.75) is 44.8 Å². The van der Waals surface area contributed by atoms with Crippen LogP contribution in [0.25, 0.3) is 0 Å². The molecular formula is C15H22O3. The SMILES string of the molecule is COc1ccccc1[C@]1(O)CCC[C@H](O)C1(C)C. The molecule has 0 aliphatic heterocycles. The second-order valence-corrected chi connectivity index (χ2v) is 5.69. The first-order valence-corrected chi connectivity index (χ1v) is 6.47. The lowest BCUT2D eigenvalue weighted by Crippen LogP contribution is -2.52. The normalized spacial score (nSPS) is 31.1. The molecule has 1 aromatic carbocycles. The van der Waals surface area contributed by atoms with E-state index < -0.39 is 17.1 Å². The average Bonchev–Trinajstić information content (AvgIpc) is 2.36. The average molecular weight is 250 g/mol. The largest absolute Gasteiger partial charge is 0.496 e. The smallest absolute Gasteiger partial charge is 0.124 e. The zero-order valence-electron chi connectivity index (χ0n) is 11.3. The maximum Gasteiger partial charge on any atom is 0.124 e. The number of aliphatic hydroxyl groups excluding tert-OH is 1. The fourth-order valence-corrected chi connectivity index (χ4v) is 2.98. The summed E-state index contributed by atoms with van der Waals surface area (Å²) < 4.78 is 5.35. The molecule has 1 fully saturated rings. The highest BCUT2D eigenvalue weighted by atomic mass is 16.5. The lowest BCUT2D eigenvalue weighted by atomic mass is 9.61. The minimum Gasteiger partial charge on any atom is -0.496 e. The summed E-state index contributed by atoms with van der Waals surface area (Å²) in [6.07, 6.45) is 1.71. The number of hydrogen-bond donors (Lipinski definition) is 2. The van der Waals surface area contributed by atoms with Crippen LogP contribution in [0, 0.1) is 5.41 Å². The fourth-order valence-electron chi connectivity index (χ4n) is 2.98. The molecule has 1 saturated carbocycles. The van der Waals surface area contributed by atoms with E-state index >= 15 is 0 Å². The van der Waals surface area contributed by atoms with E-state index in [1.807, 2.05) is 38.1 Å². The quantitative estimate of drug-likeness (QED) is 0.847. The number of rotatable bonds is 2. The molecule has 3 nitrogen and oxygen atoms in total. The van der Waals surface area contributed by atoms with Crippen LogP contribution >= 0.6 is 0 Å². The van der Waals surface area contributed by atoms with Crippen LogP contribution < -0.4 is 4.74 Å². The number of ether oxygens (including phenoxy) is 1. The number of methoxy groups -OCH3 is 1. The Kier molecular flexibility index (Phi) is 3.39. The maximum absolute atomic E-state index is 11.1. The summed E-state index contributed by atoms with van der Waals surface area (Å²) in [4.78, 5) is 0. The standard InChI is InChI=1S/C15H22O3/c1-14(2)13(16)9-6-10-15(14,17)11-7-4-5-8-12(11)18-3/h4-5,7-8,13,16-17H,6,9-10H2,1-3H3/t13-,15+/m0/s1.